The Bertz CT molecular complexity index is 1390. The molecule has 0 aliphatic heterocycles. The number of ether oxygens (including phenoxy) is 2. The van der Waals surface area contributed by atoms with Gasteiger partial charge in [0, 0.05) is 25.2 Å². The van der Waals surface area contributed by atoms with Crippen LogP contribution >= 0.6 is 15.6 Å². The summed E-state index contributed by atoms with van der Waals surface area (Å²) in [5.41, 5.74) is 0. The molecule has 0 amide bonds. The van der Waals surface area contributed by atoms with E-state index in [0.717, 1.165) is 89.9 Å². The number of phosphoric ester groups is 2. The normalized spacial score (nSPS) is 20.6. The summed E-state index contributed by atoms with van der Waals surface area (Å²) < 4.78 is 47.9. The fourth-order valence-corrected chi connectivity index (χ4v) is 8.57. The summed E-state index contributed by atoms with van der Waals surface area (Å²) in [5, 5.41) is 41.2. The zero-order valence-corrected chi connectivity index (χ0v) is 40.5. The predicted molar refractivity (Wildman–Crippen MR) is 246 cm³/mol. The highest BCUT2D eigenvalue weighted by Gasteiger charge is 2.39. The molecule has 1 unspecified atom stereocenters. The molecule has 0 heterocycles. The van der Waals surface area contributed by atoms with Crippen LogP contribution in [0.5, 0.6) is 0 Å². The maximum atomic E-state index is 12.8. The maximum absolute atomic E-state index is 12.8. The maximum Gasteiger partial charge on any atom is 0.472 e. The van der Waals surface area contributed by atoms with Crippen molar-refractivity contribution in [3.05, 3.63) is 36.5 Å². The van der Waals surface area contributed by atoms with Crippen molar-refractivity contribution in [2.45, 2.75) is 205 Å². The van der Waals surface area contributed by atoms with E-state index in [1.165, 1.54) is 19.3 Å². The van der Waals surface area contributed by atoms with Crippen molar-refractivity contribution in [2.75, 3.05) is 26.4 Å². The molecule has 0 saturated heterocycles. The molecular weight excluding hydrogens is 870 g/mol. The number of hydrogen-bond acceptors (Lipinski definition) is 13. The number of aliphatic hydroxyl groups is 4. The lowest BCUT2D eigenvalue weighted by Gasteiger charge is -2.21. The van der Waals surface area contributed by atoms with Crippen LogP contribution in [0.1, 0.15) is 174 Å². The van der Waals surface area contributed by atoms with Crippen LogP contribution < -0.4 is 0 Å². The Labute approximate surface area is 383 Å². The lowest BCUT2D eigenvalue weighted by atomic mass is 9.88. The number of esters is 2. The molecule has 0 aromatic carbocycles. The van der Waals surface area contributed by atoms with E-state index in [2.05, 4.69) is 47.2 Å². The number of unbranched alkanes of at least 4 members (excludes halogenated alkanes) is 15. The first kappa shape index (κ1) is 60.2. The summed E-state index contributed by atoms with van der Waals surface area (Å²) in [5.74, 6) is -1.57. The Morgan fingerprint density at radius 2 is 1.19 bits per heavy atom. The molecule has 8 atom stereocenters. The molecule has 1 fully saturated rings. The molecule has 0 radical (unpaired) electrons. The molecular formula is C46H84O16P2. The van der Waals surface area contributed by atoms with Crippen LogP contribution in [0.4, 0.5) is 0 Å². The van der Waals surface area contributed by atoms with Gasteiger partial charge in [-0.3, -0.25) is 23.2 Å². The van der Waals surface area contributed by atoms with Gasteiger partial charge in [-0.05, 0) is 63.7 Å². The summed E-state index contributed by atoms with van der Waals surface area (Å²) in [6, 6.07) is 0. The third kappa shape index (κ3) is 33.7. The molecule has 0 spiro atoms. The van der Waals surface area contributed by atoms with Crippen molar-refractivity contribution in [1.82, 2.24) is 0 Å². The van der Waals surface area contributed by atoms with Gasteiger partial charge in [0.2, 0.25) is 0 Å². The molecule has 16 nitrogen and oxygen atoms in total. The van der Waals surface area contributed by atoms with Crippen LogP contribution in [0.25, 0.3) is 0 Å². The molecule has 1 aliphatic carbocycles. The summed E-state index contributed by atoms with van der Waals surface area (Å²) in [4.78, 5) is 53.1. The van der Waals surface area contributed by atoms with Gasteiger partial charge in [0.05, 0.1) is 38.1 Å². The number of phosphoric acid groups is 2. The first-order valence-corrected chi connectivity index (χ1v) is 27.0. The van der Waals surface area contributed by atoms with Crippen molar-refractivity contribution < 1.29 is 76.9 Å². The van der Waals surface area contributed by atoms with E-state index in [-0.39, 0.29) is 31.1 Å². The van der Waals surface area contributed by atoms with E-state index in [0.29, 0.717) is 32.1 Å². The van der Waals surface area contributed by atoms with Gasteiger partial charge >= 0.3 is 27.6 Å². The zero-order chi connectivity index (χ0) is 47.5. The minimum Gasteiger partial charge on any atom is -0.462 e. The standard InChI is InChI=1S/C46H84O16P2/c1-3-5-7-8-9-10-11-12-13-14-15-16-17-18-19-20-25-29-45(51)58-36-40(37-61-64(56,57)60-35-39(48)34-59-63(53,54)55)62-46(52)30-26-22-21-24-28-41-42(44(50)33-43(41)49)32-31-38(47)27-23-6-4-2/h9-10,12-13,31-32,38-44,47-50H,3-8,11,14-30,33-37H2,1-2H3,(H,56,57)(H2,53,54,55)/b10-9-,13-12-,32-31+/t38-,39-,40+,41+,42+,43-,44+/m0/s1. The summed E-state index contributed by atoms with van der Waals surface area (Å²) in [6.07, 6.45) is 29.0. The fourth-order valence-electron chi connectivity index (χ4n) is 7.42. The van der Waals surface area contributed by atoms with Crippen LogP contribution in [-0.2, 0) is 41.8 Å². The molecule has 0 aromatic heterocycles. The molecule has 64 heavy (non-hydrogen) atoms. The van der Waals surface area contributed by atoms with E-state index in [9.17, 15) is 44.0 Å². The second-order valence-corrected chi connectivity index (χ2v) is 19.7. The average Bonchev–Trinajstić information content (AvgIpc) is 3.51. The Morgan fingerprint density at radius 3 is 1.83 bits per heavy atom. The zero-order valence-electron chi connectivity index (χ0n) is 38.7. The van der Waals surface area contributed by atoms with Crippen molar-refractivity contribution in [1.29, 1.82) is 0 Å². The number of allylic oxidation sites excluding steroid dienone is 4. The number of rotatable bonds is 41. The Kier molecular flexibility index (Phi) is 35.0. The van der Waals surface area contributed by atoms with E-state index >= 15 is 0 Å². The second-order valence-electron chi connectivity index (χ2n) is 17.0. The number of carbonyl (C=O) groups excluding carboxylic acids is 2. The molecule has 7 N–H and O–H groups in total. The van der Waals surface area contributed by atoms with Gasteiger partial charge in [-0.1, -0.05) is 134 Å². The first-order valence-electron chi connectivity index (χ1n) is 23.9. The number of aliphatic hydroxyl groups excluding tert-OH is 4. The molecule has 1 aliphatic rings. The van der Waals surface area contributed by atoms with Crippen LogP contribution in [0.3, 0.4) is 0 Å². The van der Waals surface area contributed by atoms with E-state index in [1.807, 2.05) is 6.08 Å². The van der Waals surface area contributed by atoms with Crippen molar-refractivity contribution in [3.8, 4) is 0 Å². The lowest BCUT2D eigenvalue weighted by Crippen LogP contribution is -2.30. The molecule has 18 heteroatoms. The Hall–Kier alpha value is -1.78. The van der Waals surface area contributed by atoms with Crippen LogP contribution in [0.15, 0.2) is 36.5 Å². The fraction of sp³-hybridized carbons (Fsp3) is 0.826. The minimum atomic E-state index is -4.90. The molecule has 1 rings (SSSR count). The summed E-state index contributed by atoms with van der Waals surface area (Å²) in [6.45, 7) is 1.40. The quantitative estimate of drug-likeness (QED) is 0.0131. The van der Waals surface area contributed by atoms with Gasteiger partial charge < -0.3 is 44.6 Å². The number of hydrogen-bond donors (Lipinski definition) is 7. The highest BCUT2D eigenvalue weighted by molar-refractivity contribution is 7.47. The highest BCUT2D eigenvalue weighted by Crippen LogP contribution is 2.44. The van der Waals surface area contributed by atoms with Crippen molar-refractivity contribution >= 4 is 27.6 Å². The van der Waals surface area contributed by atoms with Gasteiger partial charge in [0.1, 0.15) is 12.7 Å². The van der Waals surface area contributed by atoms with Crippen molar-refractivity contribution in [3.63, 3.8) is 0 Å². The summed E-state index contributed by atoms with van der Waals surface area (Å²) >= 11 is 0. The SMILES string of the molecule is CCCCC/C=C\C/C=C\CCCCCCCCCC(=O)OC[C@H](COP(=O)(O)OC[C@@H](O)COP(=O)(O)O)OC(=O)CCCCCC[C@@H]1[C@@H](/C=C/[C@@H](O)CCCCC)[C@H](O)C[C@@H]1O. The average molecular weight is 955 g/mol. The highest BCUT2D eigenvalue weighted by atomic mass is 31.2. The van der Waals surface area contributed by atoms with Gasteiger partial charge in [0.25, 0.3) is 0 Å². The minimum absolute atomic E-state index is 0.00307. The predicted octanol–water partition coefficient (Wildman–Crippen LogP) is 8.83. The Balaban J connectivity index is 2.51. The molecule has 1 saturated carbocycles. The topological polar surface area (TPSA) is 256 Å². The first-order chi connectivity index (χ1) is 30.6. The summed E-state index contributed by atoms with van der Waals surface area (Å²) in [7, 11) is -9.77. The van der Waals surface area contributed by atoms with Gasteiger partial charge in [-0.15, -0.1) is 0 Å². The van der Waals surface area contributed by atoms with Crippen molar-refractivity contribution in [2.24, 2.45) is 11.8 Å². The lowest BCUT2D eigenvalue weighted by molar-refractivity contribution is -0.161. The van der Waals surface area contributed by atoms with E-state index in [1.54, 1.807) is 6.08 Å². The molecule has 0 aromatic rings. The van der Waals surface area contributed by atoms with Crippen LogP contribution in [0.2, 0.25) is 0 Å². The van der Waals surface area contributed by atoms with Gasteiger partial charge in [0.15, 0.2) is 6.10 Å². The molecule has 374 valence electrons. The number of carbonyl (C=O) groups is 2. The second kappa shape index (κ2) is 37.2. The Morgan fingerprint density at radius 1 is 0.641 bits per heavy atom. The monoisotopic (exact) mass is 955 g/mol. The smallest absolute Gasteiger partial charge is 0.462 e. The van der Waals surface area contributed by atoms with Crippen LogP contribution in [0, 0.1) is 11.8 Å². The van der Waals surface area contributed by atoms with Gasteiger partial charge in [-0.2, -0.15) is 0 Å². The van der Waals surface area contributed by atoms with E-state index < -0.39 is 84.5 Å². The largest absolute Gasteiger partial charge is 0.472 e. The molecule has 0 bridgehead atoms. The van der Waals surface area contributed by atoms with E-state index in [4.69, 9.17) is 23.8 Å². The van der Waals surface area contributed by atoms with Gasteiger partial charge in [-0.25, -0.2) is 9.13 Å². The third-order valence-electron chi connectivity index (χ3n) is 11.1. The third-order valence-corrected chi connectivity index (χ3v) is 12.5. The van der Waals surface area contributed by atoms with Crippen LogP contribution in [-0.4, -0.2) is 104 Å².